The predicted octanol–water partition coefficient (Wildman–Crippen LogP) is 0.650. The molecule has 0 aromatic rings. The first kappa shape index (κ1) is 14.0. The van der Waals surface area contributed by atoms with E-state index in [1.165, 1.54) is 4.90 Å². The van der Waals surface area contributed by atoms with Gasteiger partial charge in [-0.05, 0) is 26.8 Å². The van der Waals surface area contributed by atoms with Crippen LogP contribution in [0.5, 0.6) is 0 Å². The molecule has 0 spiro atoms. The standard InChI is InChI=1S/C12H22N2O3/c1-5-6-14-8-9(10(15)16)7-13(4)11(17)12(14,2)3/h9H,5-8H2,1-4H3,(H,15,16). The number of hydrogen-bond donors (Lipinski definition) is 1. The van der Waals surface area contributed by atoms with Crippen LogP contribution in [-0.4, -0.2) is 59.0 Å². The molecule has 1 saturated heterocycles. The highest BCUT2D eigenvalue weighted by molar-refractivity contribution is 5.86. The lowest BCUT2D eigenvalue weighted by Gasteiger charge is -2.36. The molecule has 1 aliphatic heterocycles. The van der Waals surface area contributed by atoms with Crippen LogP contribution in [0.4, 0.5) is 0 Å². The van der Waals surface area contributed by atoms with E-state index in [-0.39, 0.29) is 12.5 Å². The second-order valence-electron chi connectivity index (χ2n) is 5.23. The van der Waals surface area contributed by atoms with Crippen molar-refractivity contribution >= 4 is 11.9 Å². The third-order valence-corrected chi connectivity index (χ3v) is 3.44. The average molecular weight is 242 g/mol. The van der Waals surface area contributed by atoms with Crippen LogP contribution in [0.3, 0.4) is 0 Å². The molecule has 1 heterocycles. The maximum Gasteiger partial charge on any atom is 0.309 e. The maximum absolute atomic E-state index is 12.2. The first-order valence-corrected chi connectivity index (χ1v) is 6.04. The molecule has 0 aliphatic carbocycles. The zero-order valence-electron chi connectivity index (χ0n) is 11.1. The van der Waals surface area contributed by atoms with E-state index in [0.29, 0.717) is 6.54 Å². The molecule has 1 N–H and O–H groups in total. The average Bonchev–Trinajstić information content (AvgIpc) is 2.31. The van der Waals surface area contributed by atoms with Crippen molar-refractivity contribution in [3.63, 3.8) is 0 Å². The molecule has 1 fully saturated rings. The van der Waals surface area contributed by atoms with Crippen LogP contribution in [0, 0.1) is 5.92 Å². The number of rotatable bonds is 3. The van der Waals surface area contributed by atoms with Gasteiger partial charge in [0.15, 0.2) is 0 Å². The van der Waals surface area contributed by atoms with Crippen molar-refractivity contribution in [3.05, 3.63) is 0 Å². The molecule has 0 aromatic carbocycles. The van der Waals surface area contributed by atoms with Crippen molar-refractivity contribution in [2.75, 3.05) is 26.7 Å². The molecule has 1 atom stereocenters. The summed E-state index contributed by atoms with van der Waals surface area (Å²) in [5.41, 5.74) is -0.616. The second kappa shape index (κ2) is 5.04. The quantitative estimate of drug-likeness (QED) is 0.789. The molecule has 0 saturated carbocycles. The zero-order valence-corrected chi connectivity index (χ0v) is 11.1. The van der Waals surface area contributed by atoms with Crippen LogP contribution in [-0.2, 0) is 9.59 Å². The van der Waals surface area contributed by atoms with Crippen molar-refractivity contribution in [2.45, 2.75) is 32.7 Å². The van der Waals surface area contributed by atoms with Gasteiger partial charge in [-0.1, -0.05) is 6.92 Å². The summed E-state index contributed by atoms with van der Waals surface area (Å²) < 4.78 is 0. The van der Waals surface area contributed by atoms with Crippen molar-refractivity contribution < 1.29 is 14.7 Å². The fourth-order valence-electron chi connectivity index (χ4n) is 2.36. The molecular formula is C12H22N2O3. The van der Waals surface area contributed by atoms with Gasteiger partial charge in [-0.2, -0.15) is 0 Å². The van der Waals surface area contributed by atoms with Gasteiger partial charge in [0.25, 0.3) is 0 Å². The zero-order chi connectivity index (χ0) is 13.2. The molecule has 98 valence electrons. The monoisotopic (exact) mass is 242 g/mol. The summed E-state index contributed by atoms with van der Waals surface area (Å²) in [7, 11) is 1.68. The minimum absolute atomic E-state index is 0.00491. The Morgan fingerprint density at radius 2 is 2.06 bits per heavy atom. The maximum atomic E-state index is 12.2. The summed E-state index contributed by atoms with van der Waals surface area (Å²) in [5, 5.41) is 9.16. The Morgan fingerprint density at radius 3 is 2.53 bits per heavy atom. The summed E-state index contributed by atoms with van der Waals surface area (Å²) in [4.78, 5) is 26.9. The molecule has 1 aliphatic rings. The number of amides is 1. The van der Waals surface area contributed by atoms with Crippen molar-refractivity contribution in [1.82, 2.24) is 9.80 Å². The van der Waals surface area contributed by atoms with Crippen LogP contribution < -0.4 is 0 Å². The summed E-state index contributed by atoms with van der Waals surface area (Å²) in [6.45, 7) is 7.24. The number of carbonyl (C=O) groups excluding carboxylic acids is 1. The van der Waals surface area contributed by atoms with Gasteiger partial charge >= 0.3 is 5.97 Å². The molecule has 1 rings (SSSR count). The fraction of sp³-hybridized carbons (Fsp3) is 0.833. The van der Waals surface area contributed by atoms with Gasteiger partial charge in [0.05, 0.1) is 11.5 Å². The first-order valence-electron chi connectivity index (χ1n) is 6.04. The lowest BCUT2D eigenvalue weighted by atomic mass is 10.0. The third kappa shape index (κ3) is 2.77. The number of likely N-dealkylation sites (N-methyl/N-ethyl adjacent to an activating group) is 1. The van der Waals surface area contributed by atoms with E-state index in [1.807, 2.05) is 25.7 Å². The largest absolute Gasteiger partial charge is 0.481 e. The van der Waals surface area contributed by atoms with Crippen LogP contribution in [0.2, 0.25) is 0 Å². The third-order valence-electron chi connectivity index (χ3n) is 3.44. The highest BCUT2D eigenvalue weighted by Crippen LogP contribution is 2.24. The molecule has 0 bridgehead atoms. The minimum Gasteiger partial charge on any atom is -0.481 e. The Hall–Kier alpha value is -1.10. The molecule has 5 nitrogen and oxygen atoms in total. The molecule has 1 unspecified atom stereocenters. The van der Waals surface area contributed by atoms with Gasteiger partial charge in [-0.25, -0.2) is 0 Å². The van der Waals surface area contributed by atoms with Gasteiger partial charge in [0.1, 0.15) is 0 Å². The van der Waals surface area contributed by atoms with Crippen LogP contribution in [0.1, 0.15) is 27.2 Å². The normalized spacial score (nSPS) is 25.8. The van der Waals surface area contributed by atoms with E-state index in [0.717, 1.165) is 13.0 Å². The number of carboxylic acids is 1. The van der Waals surface area contributed by atoms with Crippen molar-refractivity contribution in [2.24, 2.45) is 5.92 Å². The van der Waals surface area contributed by atoms with Crippen molar-refractivity contribution in [1.29, 1.82) is 0 Å². The van der Waals surface area contributed by atoms with Gasteiger partial charge in [-0.15, -0.1) is 0 Å². The molecule has 0 radical (unpaired) electrons. The smallest absolute Gasteiger partial charge is 0.309 e. The lowest BCUT2D eigenvalue weighted by Crippen LogP contribution is -2.53. The van der Waals surface area contributed by atoms with Crippen molar-refractivity contribution in [3.8, 4) is 0 Å². The van der Waals surface area contributed by atoms with Crippen LogP contribution in [0.25, 0.3) is 0 Å². The van der Waals surface area contributed by atoms with E-state index < -0.39 is 17.4 Å². The summed E-state index contributed by atoms with van der Waals surface area (Å²) in [6.07, 6.45) is 0.909. The highest BCUT2D eigenvalue weighted by atomic mass is 16.4. The van der Waals surface area contributed by atoms with Crippen LogP contribution in [0.15, 0.2) is 0 Å². The Labute approximate surface area is 102 Å². The molecular weight excluding hydrogens is 220 g/mol. The first-order chi connectivity index (χ1) is 7.80. The number of hydrogen-bond acceptors (Lipinski definition) is 3. The number of carboxylic acid groups (broad SMARTS) is 1. The topological polar surface area (TPSA) is 60.9 Å². The second-order valence-corrected chi connectivity index (χ2v) is 5.23. The van der Waals surface area contributed by atoms with E-state index >= 15 is 0 Å². The van der Waals surface area contributed by atoms with Gasteiger partial charge in [0.2, 0.25) is 5.91 Å². The predicted molar refractivity (Wildman–Crippen MR) is 64.7 cm³/mol. The Bertz CT molecular complexity index is 315. The van der Waals surface area contributed by atoms with Gasteiger partial charge in [-0.3, -0.25) is 14.5 Å². The van der Waals surface area contributed by atoms with Crippen LogP contribution >= 0.6 is 0 Å². The van der Waals surface area contributed by atoms with Gasteiger partial charge < -0.3 is 10.0 Å². The van der Waals surface area contributed by atoms with Gasteiger partial charge in [0, 0.05) is 20.1 Å². The Morgan fingerprint density at radius 1 is 1.47 bits per heavy atom. The van der Waals surface area contributed by atoms with E-state index in [9.17, 15) is 9.59 Å². The number of carbonyl (C=O) groups is 2. The molecule has 1 amide bonds. The SMILES string of the molecule is CCCN1CC(C(=O)O)CN(C)C(=O)C1(C)C. The number of nitrogens with zero attached hydrogens (tertiary/aromatic N) is 2. The Kier molecular flexibility index (Phi) is 4.14. The fourth-order valence-corrected chi connectivity index (χ4v) is 2.36. The Balaban J connectivity index is 3.01. The summed E-state index contributed by atoms with van der Waals surface area (Å²) in [6, 6.07) is 0. The molecule has 0 aromatic heterocycles. The summed E-state index contributed by atoms with van der Waals surface area (Å²) in [5.74, 6) is -1.34. The summed E-state index contributed by atoms with van der Waals surface area (Å²) >= 11 is 0. The highest BCUT2D eigenvalue weighted by Gasteiger charge is 2.42. The van der Waals surface area contributed by atoms with E-state index in [2.05, 4.69) is 0 Å². The molecule has 5 heteroatoms. The molecule has 17 heavy (non-hydrogen) atoms. The minimum atomic E-state index is -0.830. The van der Waals surface area contributed by atoms with E-state index in [1.54, 1.807) is 7.05 Å². The number of aliphatic carboxylic acids is 1. The van der Waals surface area contributed by atoms with E-state index in [4.69, 9.17) is 5.11 Å². The lowest BCUT2D eigenvalue weighted by molar-refractivity contribution is -0.142.